The Hall–Kier alpha value is -1.99. The minimum atomic E-state index is -0.207. The highest BCUT2D eigenvalue weighted by Gasteiger charge is 2.46. The fourth-order valence-corrected chi connectivity index (χ4v) is 3.99. The van der Waals surface area contributed by atoms with Crippen LogP contribution >= 0.6 is 11.3 Å². The standard InChI is InChI=1S/C16H18N4O2S/c21-15(4-3-14-2-1-7-23-14)19-6-5-16(10-19)8-13(9-22-16)20-11-17-18-12-20/h1-4,7,11-13H,5-6,8-10H2/b4-3+. The molecule has 2 aromatic rings. The fraction of sp³-hybridized carbons (Fsp3) is 0.438. The summed E-state index contributed by atoms with van der Waals surface area (Å²) in [7, 11) is 0. The number of rotatable bonds is 3. The summed E-state index contributed by atoms with van der Waals surface area (Å²) in [5.74, 6) is 0.0617. The molecule has 7 heteroatoms. The molecule has 2 fully saturated rings. The minimum Gasteiger partial charge on any atom is -0.371 e. The summed E-state index contributed by atoms with van der Waals surface area (Å²) in [5, 5.41) is 9.72. The Morgan fingerprint density at radius 3 is 3.09 bits per heavy atom. The number of likely N-dealkylation sites (tertiary alicyclic amines) is 1. The highest BCUT2D eigenvalue weighted by atomic mass is 32.1. The van der Waals surface area contributed by atoms with E-state index < -0.39 is 0 Å². The fourth-order valence-electron chi connectivity index (χ4n) is 3.37. The zero-order valence-electron chi connectivity index (χ0n) is 12.7. The summed E-state index contributed by atoms with van der Waals surface area (Å²) < 4.78 is 8.07. The van der Waals surface area contributed by atoms with Crippen LogP contribution in [-0.4, -0.2) is 50.9 Å². The molecule has 2 saturated heterocycles. The molecule has 4 heterocycles. The second-order valence-corrected chi connectivity index (χ2v) is 7.10. The van der Waals surface area contributed by atoms with Crippen LogP contribution in [0.15, 0.2) is 36.2 Å². The second-order valence-electron chi connectivity index (χ2n) is 6.12. The predicted octanol–water partition coefficient (Wildman–Crippen LogP) is 1.99. The lowest BCUT2D eigenvalue weighted by Crippen LogP contribution is -2.35. The molecule has 0 bridgehead atoms. The molecule has 2 atom stereocenters. The molecule has 0 aliphatic carbocycles. The maximum Gasteiger partial charge on any atom is 0.246 e. The van der Waals surface area contributed by atoms with Crippen LogP contribution in [0.4, 0.5) is 0 Å². The molecule has 0 aromatic carbocycles. The number of carbonyl (C=O) groups is 1. The van der Waals surface area contributed by atoms with E-state index in [9.17, 15) is 4.79 Å². The van der Waals surface area contributed by atoms with Crippen molar-refractivity contribution in [1.29, 1.82) is 0 Å². The van der Waals surface area contributed by atoms with Crippen molar-refractivity contribution in [1.82, 2.24) is 19.7 Å². The van der Waals surface area contributed by atoms with Gasteiger partial charge in [0.25, 0.3) is 0 Å². The van der Waals surface area contributed by atoms with Gasteiger partial charge in [0.1, 0.15) is 12.7 Å². The smallest absolute Gasteiger partial charge is 0.246 e. The van der Waals surface area contributed by atoms with Crippen molar-refractivity contribution < 1.29 is 9.53 Å². The molecule has 4 rings (SSSR count). The molecule has 2 aromatic heterocycles. The first-order valence-corrected chi connectivity index (χ1v) is 8.61. The van der Waals surface area contributed by atoms with Gasteiger partial charge in [0.15, 0.2) is 0 Å². The van der Waals surface area contributed by atoms with Gasteiger partial charge in [0.05, 0.1) is 24.8 Å². The van der Waals surface area contributed by atoms with E-state index in [0.717, 1.165) is 24.3 Å². The Labute approximate surface area is 138 Å². The summed E-state index contributed by atoms with van der Waals surface area (Å²) in [6.45, 7) is 2.08. The van der Waals surface area contributed by atoms with Crippen LogP contribution in [0.5, 0.6) is 0 Å². The lowest BCUT2D eigenvalue weighted by Gasteiger charge is -2.22. The highest BCUT2D eigenvalue weighted by Crippen LogP contribution is 2.39. The number of thiophene rings is 1. The first kappa shape index (κ1) is 14.6. The Bertz CT molecular complexity index is 698. The van der Waals surface area contributed by atoms with Crippen LogP contribution < -0.4 is 0 Å². The van der Waals surface area contributed by atoms with Crippen molar-refractivity contribution in [2.45, 2.75) is 24.5 Å². The number of nitrogens with zero attached hydrogens (tertiary/aromatic N) is 4. The highest BCUT2D eigenvalue weighted by molar-refractivity contribution is 7.10. The average Bonchev–Trinajstić information content (AvgIpc) is 3.35. The van der Waals surface area contributed by atoms with Gasteiger partial charge in [-0.25, -0.2) is 0 Å². The largest absolute Gasteiger partial charge is 0.371 e. The van der Waals surface area contributed by atoms with Gasteiger partial charge < -0.3 is 14.2 Å². The quantitative estimate of drug-likeness (QED) is 0.808. The summed E-state index contributed by atoms with van der Waals surface area (Å²) in [5.41, 5.74) is -0.207. The van der Waals surface area contributed by atoms with Gasteiger partial charge >= 0.3 is 0 Å². The molecule has 6 nitrogen and oxygen atoms in total. The van der Waals surface area contributed by atoms with Crippen LogP contribution in [0.1, 0.15) is 23.8 Å². The van der Waals surface area contributed by atoms with Crippen molar-refractivity contribution >= 4 is 23.3 Å². The number of hydrogen-bond donors (Lipinski definition) is 0. The van der Waals surface area contributed by atoms with Crippen LogP contribution in [0.25, 0.3) is 6.08 Å². The van der Waals surface area contributed by atoms with E-state index in [2.05, 4.69) is 10.2 Å². The van der Waals surface area contributed by atoms with E-state index in [1.54, 1.807) is 30.1 Å². The SMILES string of the molecule is O=C(/C=C/c1cccs1)N1CCC2(CC(n3cnnc3)CO2)C1. The third-order valence-electron chi connectivity index (χ3n) is 4.61. The molecule has 2 aliphatic rings. The Balaban J connectivity index is 1.38. The van der Waals surface area contributed by atoms with E-state index >= 15 is 0 Å². The Morgan fingerprint density at radius 2 is 2.30 bits per heavy atom. The number of aromatic nitrogens is 3. The number of ether oxygens (including phenoxy) is 1. The van der Waals surface area contributed by atoms with Gasteiger partial charge in [0, 0.05) is 23.9 Å². The zero-order chi connectivity index (χ0) is 15.7. The van der Waals surface area contributed by atoms with Gasteiger partial charge in [-0.2, -0.15) is 0 Å². The van der Waals surface area contributed by atoms with Crippen molar-refractivity contribution in [3.8, 4) is 0 Å². The number of hydrogen-bond acceptors (Lipinski definition) is 5. The molecule has 2 aliphatic heterocycles. The lowest BCUT2D eigenvalue weighted by molar-refractivity contribution is -0.126. The second kappa shape index (κ2) is 5.90. The van der Waals surface area contributed by atoms with Crippen LogP contribution in [0, 0.1) is 0 Å². The molecule has 0 N–H and O–H groups in total. The van der Waals surface area contributed by atoms with Gasteiger partial charge in [-0.05, 0) is 23.9 Å². The molecular formula is C16H18N4O2S. The maximum atomic E-state index is 12.4. The lowest BCUT2D eigenvalue weighted by atomic mass is 9.97. The average molecular weight is 330 g/mol. The first-order chi connectivity index (χ1) is 11.2. The van der Waals surface area contributed by atoms with E-state index in [1.165, 1.54) is 0 Å². The normalized spacial score (nSPS) is 27.5. The summed E-state index contributed by atoms with van der Waals surface area (Å²) in [4.78, 5) is 15.3. The van der Waals surface area contributed by atoms with E-state index in [0.29, 0.717) is 13.2 Å². The van der Waals surface area contributed by atoms with Gasteiger partial charge in [-0.1, -0.05) is 6.07 Å². The van der Waals surface area contributed by atoms with E-state index in [4.69, 9.17) is 4.74 Å². The molecular weight excluding hydrogens is 312 g/mol. The summed E-state index contributed by atoms with van der Waals surface area (Å²) in [6, 6.07) is 4.25. The Kier molecular flexibility index (Phi) is 3.74. The van der Waals surface area contributed by atoms with Crippen molar-refractivity contribution in [2.75, 3.05) is 19.7 Å². The molecule has 1 amide bonds. The predicted molar refractivity (Wildman–Crippen MR) is 86.9 cm³/mol. The summed E-state index contributed by atoms with van der Waals surface area (Å²) >= 11 is 1.63. The zero-order valence-corrected chi connectivity index (χ0v) is 13.5. The molecule has 0 radical (unpaired) electrons. The molecule has 120 valence electrons. The molecule has 1 spiro atoms. The third-order valence-corrected chi connectivity index (χ3v) is 5.45. The van der Waals surface area contributed by atoms with Gasteiger partial charge in [-0.3, -0.25) is 4.79 Å². The monoisotopic (exact) mass is 330 g/mol. The molecule has 23 heavy (non-hydrogen) atoms. The van der Waals surface area contributed by atoms with Crippen molar-refractivity contribution in [2.24, 2.45) is 0 Å². The van der Waals surface area contributed by atoms with Crippen LogP contribution in [0.2, 0.25) is 0 Å². The van der Waals surface area contributed by atoms with Crippen LogP contribution in [0.3, 0.4) is 0 Å². The number of carbonyl (C=O) groups excluding carboxylic acids is 1. The van der Waals surface area contributed by atoms with E-state index in [1.807, 2.05) is 33.1 Å². The first-order valence-electron chi connectivity index (χ1n) is 7.73. The topological polar surface area (TPSA) is 60.2 Å². The number of amides is 1. The third kappa shape index (κ3) is 2.94. The van der Waals surface area contributed by atoms with Crippen LogP contribution in [-0.2, 0) is 9.53 Å². The molecule has 2 unspecified atom stereocenters. The van der Waals surface area contributed by atoms with Gasteiger partial charge in [0.2, 0.25) is 5.91 Å². The van der Waals surface area contributed by atoms with Crippen molar-refractivity contribution in [3.63, 3.8) is 0 Å². The van der Waals surface area contributed by atoms with Gasteiger partial charge in [-0.15, -0.1) is 21.5 Å². The van der Waals surface area contributed by atoms with E-state index in [-0.39, 0.29) is 17.6 Å². The molecule has 0 saturated carbocycles. The van der Waals surface area contributed by atoms with Crippen molar-refractivity contribution in [3.05, 3.63) is 41.1 Å². The summed E-state index contributed by atoms with van der Waals surface area (Å²) in [6.07, 6.45) is 8.81. The minimum absolute atomic E-state index is 0.0617. The maximum absolute atomic E-state index is 12.4. The Morgan fingerprint density at radius 1 is 1.43 bits per heavy atom.